The molecule has 74 heavy (non-hydrogen) atoms. The van der Waals surface area contributed by atoms with Crippen LogP contribution in [0.2, 0.25) is 0 Å². The monoisotopic (exact) mass is 1030 g/mol. The number of hydrogen-bond donors (Lipinski definition) is 4. The van der Waals surface area contributed by atoms with Crippen molar-refractivity contribution in [2.75, 3.05) is 56.6 Å². The number of rotatable bonds is 16. The lowest BCUT2D eigenvalue weighted by molar-refractivity contribution is -0.384. The molecule has 2 saturated heterocycles. The average molecular weight is 1030 g/mol. The standard InChI is InChI=1S/C56H67N9O8S/c1-37(2)46-7-5-6-8-47(46)51-36-62(35-40-9-11-43(72-4)33-58-40)25-26-64(51)42-30-56(31-42)20-23-63(24-21-56)41-10-13-48(52(28-41)73-44-27-39-17-22-57-53(39)60-34-44)54(66)61-74(70,71)45-12-14-49(50(29-45)65(68)69)59-32-38-15-18-55(3,67)19-16-38/h5-14,17,22,27-29,33-34,37-38,42,51,59,67H,15-16,18-21,23-26,30-32,35-36H2,1-4H3,(H,57,60)(H,61,66)/t38-,51?,55-. The number of aromatic amines is 1. The van der Waals surface area contributed by atoms with Gasteiger partial charge in [0, 0.05) is 87.3 Å². The van der Waals surface area contributed by atoms with Gasteiger partial charge in [0.25, 0.3) is 21.6 Å². The first-order chi connectivity index (χ1) is 35.5. The van der Waals surface area contributed by atoms with Crippen LogP contribution in [-0.4, -0.2) is 107 Å². The number of pyridine rings is 2. The number of nitro groups is 1. The molecule has 1 amide bonds. The topological polar surface area (TPSA) is 208 Å². The molecule has 6 aromatic rings. The van der Waals surface area contributed by atoms with Crippen molar-refractivity contribution in [2.45, 2.75) is 107 Å². The Bertz CT molecular complexity index is 3100. The summed E-state index contributed by atoms with van der Waals surface area (Å²) in [7, 11) is -2.93. The first-order valence-corrected chi connectivity index (χ1v) is 27.4. The molecule has 5 heterocycles. The summed E-state index contributed by atoms with van der Waals surface area (Å²) in [5.74, 6) is 0.901. The molecule has 0 radical (unpaired) electrons. The van der Waals surface area contributed by atoms with Gasteiger partial charge in [0.05, 0.1) is 46.2 Å². The van der Waals surface area contributed by atoms with E-state index < -0.39 is 37.0 Å². The van der Waals surface area contributed by atoms with Crippen molar-refractivity contribution in [3.63, 3.8) is 0 Å². The van der Waals surface area contributed by atoms with Crippen LogP contribution < -0.4 is 24.4 Å². The van der Waals surface area contributed by atoms with Gasteiger partial charge in [-0.3, -0.25) is 29.7 Å². The third kappa shape index (κ3) is 11.1. The molecular formula is C56H67N9O8S. The number of H-pyrrole nitrogens is 1. The molecule has 0 bridgehead atoms. The van der Waals surface area contributed by atoms with Crippen LogP contribution in [0, 0.1) is 21.4 Å². The second-order valence-corrected chi connectivity index (χ2v) is 23.3. The molecule has 1 atom stereocenters. The Kier molecular flexibility index (Phi) is 14.4. The number of nitrogens with zero attached hydrogens (tertiary/aromatic N) is 6. The third-order valence-corrected chi connectivity index (χ3v) is 17.5. The summed E-state index contributed by atoms with van der Waals surface area (Å²) in [6.45, 7) is 12.1. The molecule has 4 N–H and O–H groups in total. The van der Waals surface area contributed by atoms with E-state index >= 15 is 0 Å². The number of carbonyl (C=O) groups is 1. The lowest BCUT2D eigenvalue weighted by Crippen LogP contribution is -2.60. The number of aliphatic hydroxyl groups is 1. The summed E-state index contributed by atoms with van der Waals surface area (Å²) in [4.78, 5) is 45.1. The lowest BCUT2D eigenvalue weighted by Gasteiger charge is -2.58. The first kappa shape index (κ1) is 50.9. The van der Waals surface area contributed by atoms with Crippen molar-refractivity contribution in [3.05, 3.63) is 136 Å². The Hall–Kier alpha value is -6.60. The number of carbonyl (C=O) groups excluding carboxylic acids is 1. The van der Waals surface area contributed by atoms with E-state index in [-0.39, 0.29) is 34.4 Å². The van der Waals surface area contributed by atoms with E-state index in [0.29, 0.717) is 42.7 Å². The largest absolute Gasteiger partial charge is 0.495 e. The number of methoxy groups -OCH3 is 1. The van der Waals surface area contributed by atoms with Gasteiger partial charge in [0.2, 0.25) is 0 Å². The number of amides is 1. The Balaban J connectivity index is 0.830. The molecule has 2 saturated carbocycles. The van der Waals surface area contributed by atoms with Gasteiger partial charge in [0.15, 0.2) is 0 Å². The van der Waals surface area contributed by atoms with E-state index in [2.05, 4.69) is 83.9 Å². The number of aromatic nitrogens is 3. The molecule has 1 spiro atoms. The molecule has 4 aliphatic rings. The van der Waals surface area contributed by atoms with Crippen LogP contribution in [-0.2, 0) is 16.6 Å². The van der Waals surface area contributed by atoms with Gasteiger partial charge in [-0.25, -0.2) is 18.1 Å². The van der Waals surface area contributed by atoms with Gasteiger partial charge in [-0.2, -0.15) is 0 Å². The maximum Gasteiger partial charge on any atom is 0.293 e. The number of piperazine rings is 1. The number of hydrogen-bond acceptors (Lipinski definition) is 14. The minimum absolute atomic E-state index is 0.0324. The van der Waals surface area contributed by atoms with Crippen LogP contribution in [0.3, 0.4) is 0 Å². The number of fused-ring (bicyclic) bond motifs is 1. The van der Waals surface area contributed by atoms with Crippen LogP contribution in [0.1, 0.15) is 111 Å². The summed E-state index contributed by atoms with van der Waals surface area (Å²) in [5.41, 5.74) is 4.56. The van der Waals surface area contributed by atoms with Gasteiger partial charge in [-0.15, -0.1) is 0 Å². The SMILES string of the molecule is COc1ccc(CN2CCN(C3CC4(CCN(c5ccc(C(=O)NS(=O)(=O)c6ccc(NC[C@H]7CC[C@](C)(O)CC7)c([N+](=O)[O-])c6)c(Oc6cnc7[nH]ccc7c6)c5)CC4)C3)C(c3ccccc3C(C)C)C2)nc1. The molecule has 1 unspecified atom stereocenters. The minimum Gasteiger partial charge on any atom is -0.495 e. The van der Waals surface area contributed by atoms with Gasteiger partial charge >= 0.3 is 0 Å². The maximum absolute atomic E-state index is 14.1. The summed E-state index contributed by atoms with van der Waals surface area (Å²) in [5, 5.41) is 26.5. The van der Waals surface area contributed by atoms with Crippen molar-refractivity contribution in [2.24, 2.45) is 11.3 Å². The highest BCUT2D eigenvalue weighted by molar-refractivity contribution is 7.90. The van der Waals surface area contributed by atoms with Gasteiger partial charge in [0.1, 0.15) is 28.6 Å². The number of nitro benzene ring substituents is 1. The number of ether oxygens (including phenoxy) is 2. The molecule has 18 heteroatoms. The molecule has 4 fully saturated rings. The van der Waals surface area contributed by atoms with Gasteiger partial charge in [-0.05, 0) is 135 Å². The molecule has 390 valence electrons. The predicted molar refractivity (Wildman–Crippen MR) is 284 cm³/mol. The summed E-state index contributed by atoms with van der Waals surface area (Å²) < 4.78 is 41.6. The molecule has 10 rings (SSSR count). The minimum atomic E-state index is -4.59. The highest BCUT2D eigenvalue weighted by Gasteiger charge is 2.50. The van der Waals surface area contributed by atoms with E-state index in [1.807, 2.05) is 25.1 Å². The Labute approximate surface area is 432 Å². The number of benzene rings is 3. The summed E-state index contributed by atoms with van der Waals surface area (Å²) in [6, 6.07) is 26.1. The molecular weight excluding hydrogens is 959 g/mol. The zero-order valence-electron chi connectivity index (χ0n) is 42.6. The van der Waals surface area contributed by atoms with Crippen molar-refractivity contribution in [3.8, 4) is 17.2 Å². The zero-order valence-corrected chi connectivity index (χ0v) is 43.4. The molecule has 3 aromatic carbocycles. The van der Waals surface area contributed by atoms with E-state index in [1.165, 1.54) is 29.5 Å². The Morgan fingerprint density at radius 2 is 1.70 bits per heavy atom. The smallest absolute Gasteiger partial charge is 0.293 e. The fourth-order valence-corrected chi connectivity index (χ4v) is 12.8. The van der Waals surface area contributed by atoms with Crippen molar-refractivity contribution in [1.29, 1.82) is 0 Å². The summed E-state index contributed by atoms with van der Waals surface area (Å²) >= 11 is 0. The van der Waals surface area contributed by atoms with Gasteiger partial charge in [-0.1, -0.05) is 38.1 Å². The van der Waals surface area contributed by atoms with Crippen LogP contribution in [0.25, 0.3) is 11.0 Å². The van der Waals surface area contributed by atoms with E-state index in [4.69, 9.17) is 9.47 Å². The van der Waals surface area contributed by atoms with Crippen LogP contribution in [0.4, 0.5) is 17.1 Å². The van der Waals surface area contributed by atoms with Gasteiger partial charge < -0.3 is 29.8 Å². The average Bonchev–Trinajstić information content (AvgIpc) is 3.86. The normalized spacial score (nSPS) is 21.6. The number of nitrogens with one attached hydrogen (secondary N) is 3. The molecule has 3 aromatic heterocycles. The quantitative estimate of drug-likeness (QED) is 0.0526. The van der Waals surface area contributed by atoms with E-state index in [0.717, 1.165) is 106 Å². The Morgan fingerprint density at radius 3 is 2.43 bits per heavy atom. The molecule has 2 aliphatic heterocycles. The highest BCUT2D eigenvalue weighted by atomic mass is 32.2. The molecule has 2 aliphatic carbocycles. The Morgan fingerprint density at radius 1 is 0.932 bits per heavy atom. The van der Waals surface area contributed by atoms with Crippen LogP contribution in [0.15, 0.2) is 108 Å². The lowest BCUT2D eigenvalue weighted by atomic mass is 9.59. The van der Waals surface area contributed by atoms with Crippen molar-refractivity contribution < 1.29 is 32.7 Å². The summed E-state index contributed by atoms with van der Waals surface area (Å²) in [6.07, 6.45) is 12.2. The zero-order chi connectivity index (χ0) is 51.8. The third-order valence-electron chi connectivity index (χ3n) is 16.2. The van der Waals surface area contributed by atoms with Crippen molar-refractivity contribution in [1.82, 2.24) is 29.5 Å². The number of anilines is 2. The fraction of sp³-hybridized carbons (Fsp3) is 0.446. The van der Waals surface area contributed by atoms with Crippen molar-refractivity contribution >= 4 is 44.0 Å². The second-order valence-electron chi connectivity index (χ2n) is 21.6. The second kappa shape index (κ2) is 21.0. The highest BCUT2D eigenvalue weighted by Crippen LogP contribution is 2.53. The maximum atomic E-state index is 14.1. The first-order valence-electron chi connectivity index (χ1n) is 25.9. The number of sulfonamides is 1. The van der Waals surface area contributed by atoms with E-state index in [1.54, 1.807) is 37.7 Å². The van der Waals surface area contributed by atoms with Crippen LogP contribution in [0.5, 0.6) is 17.2 Å². The predicted octanol–water partition coefficient (Wildman–Crippen LogP) is 9.57. The van der Waals surface area contributed by atoms with Crippen LogP contribution >= 0.6 is 0 Å². The number of piperidine rings is 1. The fourth-order valence-electron chi connectivity index (χ4n) is 11.8. The van der Waals surface area contributed by atoms with E-state index in [9.17, 15) is 28.4 Å². The molecule has 17 nitrogen and oxygen atoms in total.